The van der Waals surface area contributed by atoms with Crippen molar-refractivity contribution in [3.8, 4) is 0 Å². The van der Waals surface area contributed by atoms with Gasteiger partial charge in [0.1, 0.15) is 18.0 Å². The van der Waals surface area contributed by atoms with E-state index in [0.29, 0.717) is 5.82 Å². The fourth-order valence-electron chi connectivity index (χ4n) is 2.46. The molecule has 3 rings (SSSR count). The lowest BCUT2D eigenvalue weighted by molar-refractivity contribution is 0.724. The number of nitrogens with two attached hydrogens (primary N) is 1. The van der Waals surface area contributed by atoms with E-state index in [9.17, 15) is 0 Å². The molecule has 4 nitrogen and oxygen atoms in total. The van der Waals surface area contributed by atoms with Gasteiger partial charge in [0.15, 0.2) is 0 Å². The number of rotatable bonds is 2. The number of fused-ring (bicyclic) bond motifs is 1. The fourth-order valence-corrected chi connectivity index (χ4v) is 3.35. The first-order chi connectivity index (χ1) is 8.79. The lowest BCUT2D eigenvalue weighted by Gasteiger charge is -2.29. The Morgan fingerprint density at radius 1 is 1.44 bits per heavy atom. The zero-order valence-electron chi connectivity index (χ0n) is 10.4. The van der Waals surface area contributed by atoms with Crippen molar-refractivity contribution in [1.29, 1.82) is 0 Å². The number of thiophene rings is 1. The summed E-state index contributed by atoms with van der Waals surface area (Å²) in [5.41, 5.74) is 8.43. The molecule has 0 radical (unpaired) electrons. The van der Waals surface area contributed by atoms with Crippen LogP contribution in [0, 0.1) is 0 Å². The van der Waals surface area contributed by atoms with Crippen molar-refractivity contribution < 1.29 is 0 Å². The van der Waals surface area contributed by atoms with Gasteiger partial charge in [0, 0.05) is 23.5 Å². The van der Waals surface area contributed by atoms with E-state index in [0.717, 1.165) is 37.3 Å². The SMILES string of the molecule is CCc1c(N)ncnc1N1CCc2sccc2C1. The quantitative estimate of drug-likeness (QED) is 0.899. The Labute approximate surface area is 110 Å². The maximum Gasteiger partial charge on any atom is 0.137 e. The van der Waals surface area contributed by atoms with Gasteiger partial charge in [-0.05, 0) is 29.9 Å². The molecule has 0 aromatic carbocycles. The number of hydrogen-bond acceptors (Lipinski definition) is 5. The first-order valence-electron chi connectivity index (χ1n) is 6.19. The summed E-state index contributed by atoms with van der Waals surface area (Å²) in [6, 6.07) is 2.21. The van der Waals surface area contributed by atoms with E-state index in [4.69, 9.17) is 5.73 Å². The highest BCUT2D eigenvalue weighted by atomic mass is 32.1. The predicted octanol–water partition coefficient (Wildman–Crippen LogP) is 2.25. The van der Waals surface area contributed by atoms with Crippen molar-refractivity contribution in [3.05, 3.63) is 33.8 Å². The van der Waals surface area contributed by atoms with E-state index in [1.54, 1.807) is 6.33 Å². The molecule has 2 aromatic heterocycles. The van der Waals surface area contributed by atoms with Crippen LogP contribution < -0.4 is 10.6 Å². The molecule has 0 unspecified atom stereocenters. The van der Waals surface area contributed by atoms with Gasteiger partial charge in [-0.25, -0.2) is 9.97 Å². The molecule has 0 spiro atoms. The van der Waals surface area contributed by atoms with Gasteiger partial charge in [0.2, 0.25) is 0 Å². The standard InChI is InChI=1S/C13H16N4S/c1-2-10-12(14)15-8-16-13(10)17-5-3-11-9(7-17)4-6-18-11/h4,6,8H,2-3,5,7H2,1H3,(H2,14,15,16). The van der Waals surface area contributed by atoms with Crippen LogP contribution in [0.15, 0.2) is 17.8 Å². The lowest BCUT2D eigenvalue weighted by atomic mass is 10.1. The smallest absolute Gasteiger partial charge is 0.137 e. The maximum atomic E-state index is 5.94. The zero-order valence-corrected chi connectivity index (χ0v) is 11.2. The van der Waals surface area contributed by atoms with Crippen LogP contribution in [-0.4, -0.2) is 16.5 Å². The molecule has 2 N–H and O–H groups in total. The van der Waals surface area contributed by atoms with Gasteiger partial charge < -0.3 is 10.6 Å². The Morgan fingerprint density at radius 2 is 2.33 bits per heavy atom. The summed E-state index contributed by atoms with van der Waals surface area (Å²) in [6.45, 7) is 4.04. The van der Waals surface area contributed by atoms with E-state index in [1.807, 2.05) is 11.3 Å². The second-order valence-corrected chi connectivity index (χ2v) is 5.46. The van der Waals surface area contributed by atoms with Gasteiger partial charge in [0.05, 0.1) is 0 Å². The molecule has 3 heterocycles. The number of aromatic nitrogens is 2. The van der Waals surface area contributed by atoms with Gasteiger partial charge in [-0.15, -0.1) is 11.3 Å². The first-order valence-corrected chi connectivity index (χ1v) is 7.07. The van der Waals surface area contributed by atoms with Crippen LogP contribution in [0.5, 0.6) is 0 Å². The van der Waals surface area contributed by atoms with Crippen molar-refractivity contribution in [2.24, 2.45) is 0 Å². The third kappa shape index (κ3) is 1.84. The molecule has 1 aliphatic rings. The number of nitrogens with zero attached hydrogens (tertiary/aromatic N) is 3. The maximum absolute atomic E-state index is 5.94. The molecule has 5 heteroatoms. The summed E-state index contributed by atoms with van der Waals surface area (Å²) < 4.78 is 0. The van der Waals surface area contributed by atoms with Gasteiger partial charge in [-0.1, -0.05) is 6.92 Å². The minimum absolute atomic E-state index is 0.610. The van der Waals surface area contributed by atoms with Crippen LogP contribution >= 0.6 is 11.3 Å². The summed E-state index contributed by atoms with van der Waals surface area (Å²) in [7, 11) is 0. The Morgan fingerprint density at radius 3 is 3.17 bits per heavy atom. The third-order valence-corrected chi connectivity index (χ3v) is 4.44. The monoisotopic (exact) mass is 260 g/mol. The summed E-state index contributed by atoms with van der Waals surface area (Å²) in [5, 5.41) is 2.17. The van der Waals surface area contributed by atoms with Crippen LogP contribution in [-0.2, 0) is 19.4 Å². The molecule has 0 fully saturated rings. The second-order valence-electron chi connectivity index (χ2n) is 4.46. The molecule has 1 aliphatic heterocycles. The number of nitrogen functional groups attached to an aromatic ring is 1. The molecule has 0 amide bonds. The molecule has 2 aromatic rings. The van der Waals surface area contributed by atoms with Crippen molar-refractivity contribution in [2.75, 3.05) is 17.2 Å². The summed E-state index contributed by atoms with van der Waals surface area (Å²) in [5.74, 6) is 1.61. The summed E-state index contributed by atoms with van der Waals surface area (Å²) in [6.07, 6.45) is 3.53. The van der Waals surface area contributed by atoms with Crippen LogP contribution in [0.25, 0.3) is 0 Å². The van der Waals surface area contributed by atoms with Gasteiger partial charge >= 0.3 is 0 Å². The van der Waals surface area contributed by atoms with E-state index in [2.05, 4.69) is 33.2 Å². The summed E-state index contributed by atoms with van der Waals surface area (Å²) >= 11 is 1.85. The first kappa shape index (κ1) is 11.5. The molecule has 0 bridgehead atoms. The normalized spacial score (nSPS) is 14.6. The van der Waals surface area contributed by atoms with E-state index in [1.165, 1.54) is 10.4 Å². The van der Waals surface area contributed by atoms with E-state index < -0.39 is 0 Å². The lowest BCUT2D eigenvalue weighted by Crippen LogP contribution is -2.31. The highest BCUT2D eigenvalue weighted by Gasteiger charge is 2.21. The number of anilines is 2. The average Bonchev–Trinajstić information content (AvgIpc) is 2.85. The average molecular weight is 260 g/mol. The highest BCUT2D eigenvalue weighted by molar-refractivity contribution is 7.10. The molecule has 18 heavy (non-hydrogen) atoms. The minimum Gasteiger partial charge on any atom is -0.383 e. The Balaban J connectivity index is 1.95. The van der Waals surface area contributed by atoms with Crippen molar-refractivity contribution >= 4 is 23.0 Å². The minimum atomic E-state index is 0.610. The van der Waals surface area contributed by atoms with Crippen molar-refractivity contribution in [1.82, 2.24) is 9.97 Å². The molecule has 0 atom stereocenters. The van der Waals surface area contributed by atoms with E-state index >= 15 is 0 Å². The zero-order chi connectivity index (χ0) is 12.5. The molecule has 0 saturated carbocycles. The molecular weight excluding hydrogens is 244 g/mol. The van der Waals surface area contributed by atoms with Gasteiger partial charge in [-0.3, -0.25) is 0 Å². The van der Waals surface area contributed by atoms with Gasteiger partial charge in [0.25, 0.3) is 0 Å². The Kier molecular flexibility index (Phi) is 2.91. The number of hydrogen-bond donors (Lipinski definition) is 1. The van der Waals surface area contributed by atoms with E-state index in [-0.39, 0.29) is 0 Å². The van der Waals surface area contributed by atoms with Crippen LogP contribution in [0.2, 0.25) is 0 Å². The van der Waals surface area contributed by atoms with Crippen molar-refractivity contribution in [2.45, 2.75) is 26.3 Å². The third-order valence-electron chi connectivity index (χ3n) is 3.42. The van der Waals surface area contributed by atoms with Gasteiger partial charge in [-0.2, -0.15) is 0 Å². The largest absolute Gasteiger partial charge is 0.383 e. The Hall–Kier alpha value is -1.62. The topological polar surface area (TPSA) is 55.0 Å². The molecule has 0 saturated heterocycles. The fraction of sp³-hybridized carbons (Fsp3) is 0.385. The molecule has 94 valence electrons. The Bertz CT molecular complexity index is 564. The second kappa shape index (κ2) is 4.57. The van der Waals surface area contributed by atoms with Crippen LogP contribution in [0.1, 0.15) is 22.9 Å². The molecular formula is C13H16N4S. The predicted molar refractivity (Wildman–Crippen MR) is 74.9 cm³/mol. The van der Waals surface area contributed by atoms with Crippen LogP contribution in [0.3, 0.4) is 0 Å². The summed E-state index contributed by atoms with van der Waals surface area (Å²) in [4.78, 5) is 12.3. The van der Waals surface area contributed by atoms with Crippen LogP contribution in [0.4, 0.5) is 11.6 Å². The van der Waals surface area contributed by atoms with Crippen molar-refractivity contribution in [3.63, 3.8) is 0 Å². The molecule has 0 aliphatic carbocycles. The highest BCUT2D eigenvalue weighted by Crippen LogP contribution is 2.29.